The first-order valence-electron chi connectivity index (χ1n) is 13.3. The number of fused-ring (bicyclic) bond motifs is 1. The van der Waals surface area contributed by atoms with Crippen molar-refractivity contribution in [2.24, 2.45) is 7.05 Å². The molecule has 2 aromatic heterocycles. The second-order valence-corrected chi connectivity index (χ2v) is 9.99. The van der Waals surface area contributed by atoms with Gasteiger partial charge in [0.2, 0.25) is 11.9 Å². The highest BCUT2D eigenvalue weighted by molar-refractivity contribution is 6.02. The Bertz CT molecular complexity index is 1530. The SMILES string of the molecule is C=CC(=O)Nc1cc(Nc2nccc(-c3cn(C)c4ccccc34)n2)c(OC)cc1N(C)CCN1CCC(O)C1. The molecule has 208 valence electrons. The summed E-state index contributed by atoms with van der Waals surface area (Å²) < 4.78 is 7.82. The Balaban J connectivity index is 1.44. The summed E-state index contributed by atoms with van der Waals surface area (Å²) in [6, 6.07) is 13.8. The number of carbonyl (C=O) groups is 1. The molecule has 1 unspecified atom stereocenters. The van der Waals surface area contributed by atoms with Crippen molar-refractivity contribution in [3.63, 3.8) is 0 Å². The number of aryl methyl sites for hydroxylation is 1. The normalized spacial score (nSPS) is 15.2. The highest BCUT2D eigenvalue weighted by atomic mass is 16.5. The number of likely N-dealkylation sites (N-methyl/N-ethyl adjacent to an activating group) is 1. The minimum absolute atomic E-state index is 0.264. The van der Waals surface area contributed by atoms with Gasteiger partial charge < -0.3 is 29.9 Å². The number of β-amino-alcohol motifs (C(OH)–C–C–N with tert-alkyl or cyclic N) is 1. The molecule has 3 heterocycles. The maximum Gasteiger partial charge on any atom is 0.247 e. The van der Waals surface area contributed by atoms with Crippen molar-refractivity contribution < 1.29 is 14.6 Å². The average Bonchev–Trinajstić information content (AvgIpc) is 3.54. The van der Waals surface area contributed by atoms with Gasteiger partial charge in [0.05, 0.1) is 36.0 Å². The molecule has 1 fully saturated rings. The van der Waals surface area contributed by atoms with Crippen molar-refractivity contribution in [3.8, 4) is 17.0 Å². The molecule has 1 atom stereocenters. The summed E-state index contributed by atoms with van der Waals surface area (Å²) in [5.41, 5.74) is 4.92. The lowest BCUT2D eigenvalue weighted by molar-refractivity contribution is -0.111. The number of para-hydroxylation sites is 1. The first kappa shape index (κ1) is 27.2. The molecule has 4 aromatic rings. The van der Waals surface area contributed by atoms with E-state index in [1.165, 1.54) is 6.08 Å². The lowest BCUT2D eigenvalue weighted by Crippen LogP contribution is -2.32. The summed E-state index contributed by atoms with van der Waals surface area (Å²) in [6.45, 7) is 6.64. The number of carbonyl (C=O) groups excluding carboxylic acids is 1. The highest BCUT2D eigenvalue weighted by Crippen LogP contribution is 2.38. The van der Waals surface area contributed by atoms with Gasteiger partial charge in [0.25, 0.3) is 0 Å². The van der Waals surface area contributed by atoms with Crippen molar-refractivity contribution in [1.29, 1.82) is 0 Å². The van der Waals surface area contributed by atoms with E-state index in [-0.39, 0.29) is 12.0 Å². The maximum atomic E-state index is 12.3. The summed E-state index contributed by atoms with van der Waals surface area (Å²) in [5, 5.41) is 17.2. The molecular weight excluding hydrogens is 506 g/mol. The van der Waals surface area contributed by atoms with E-state index in [0.29, 0.717) is 36.2 Å². The second-order valence-electron chi connectivity index (χ2n) is 9.99. The Morgan fingerprint density at radius 2 is 2.10 bits per heavy atom. The van der Waals surface area contributed by atoms with E-state index in [1.807, 2.05) is 44.4 Å². The van der Waals surface area contributed by atoms with Crippen LogP contribution >= 0.6 is 0 Å². The van der Waals surface area contributed by atoms with E-state index in [0.717, 1.165) is 47.4 Å². The summed E-state index contributed by atoms with van der Waals surface area (Å²) in [6.07, 6.45) is 5.55. The standard InChI is InChI=1S/C30H35N7O3/c1-5-29(39)32-24-16-25(28(40-4)17-27(24)35(2)14-15-37-13-11-20(38)18-37)34-30-31-12-10-23(33-30)22-19-36(3)26-9-7-6-8-21(22)26/h5-10,12,16-17,19-20,38H,1,11,13-15,18H2,2-4H3,(H,32,39)(H,31,33,34). The monoisotopic (exact) mass is 541 g/mol. The number of nitrogens with one attached hydrogen (secondary N) is 2. The largest absolute Gasteiger partial charge is 0.494 e. The molecule has 0 radical (unpaired) electrons. The molecule has 1 aliphatic rings. The molecule has 10 nitrogen and oxygen atoms in total. The number of ether oxygens (including phenoxy) is 1. The fraction of sp³-hybridized carbons (Fsp3) is 0.300. The topological polar surface area (TPSA) is 108 Å². The lowest BCUT2D eigenvalue weighted by Gasteiger charge is -2.26. The molecular formula is C30H35N7O3. The number of rotatable bonds is 10. The molecule has 0 bridgehead atoms. The van der Waals surface area contributed by atoms with E-state index < -0.39 is 0 Å². The van der Waals surface area contributed by atoms with Crippen molar-refractivity contribution in [2.45, 2.75) is 12.5 Å². The van der Waals surface area contributed by atoms with Crippen molar-refractivity contribution in [2.75, 3.05) is 55.9 Å². The maximum absolute atomic E-state index is 12.3. The van der Waals surface area contributed by atoms with Crippen LogP contribution in [0.4, 0.5) is 23.0 Å². The van der Waals surface area contributed by atoms with E-state index in [4.69, 9.17) is 9.72 Å². The zero-order valence-electron chi connectivity index (χ0n) is 23.1. The van der Waals surface area contributed by atoms with Gasteiger partial charge in [0, 0.05) is 75.2 Å². The Labute approximate surface area is 233 Å². The smallest absolute Gasteiger partial charge is 0.247 e. The van der Waals surface area contributed by atoms with Crippen LogP contribution in [0.2, 0.25) is 0 Å². The first-order valence-corrected chi connectivity index (χ1v) is 13.3. The number of aliphatic hydroxyl groups excluding tert-OH is 1. The summed E-state index contributed by atoms with van der Waals surface area (Å²) in [5.74, 6) is 0.662. The third-order valence-corrected chi connectivity index (χ3v) is 7.25. The number of hydrogen-bond acceptors (Lipinski definition) is 8. The molecule has 0 spiro atoms. The minimum Gasteiger partial charge on any atom is -0.494 e. The van der Waals surface area contributed by atoms with E-state index in [9.17, 15) is 9.90 Å². The summed E-state index contributed by atoms with van der Waals surface area (Å²) in [7, 11) is 5.59. The Morgan fingerprint density at radius 3 is 2.85 bits per heavy atom. The van der Waals surface area contributed by atoms with Crippen LogP contribution in [-0.2, 0) is 11.8 Å². The molecule has 10 heteroatoms. The predicted molar refractivity (Wildman–Crippen MR) is 159 cm³/mol. The Kier molecular flexibility index (Phi) is 7.99. The van der Waals surface area contributed by atoms with Crippen LogP contribution in [0.1, 0.15) is 6.42 Å². The molecule has 1 amide bonds. The van der Waals surface area contributed by atoms with E-state index in [2.05, 4.69) is 54.9 Å². The van der Waals surface area contributed by atoms with Crippen LogP contribution in [0.25, 0.3) is 22.2 Å². The molecule has 1 saturated heterocycles. The Hall–Kier alpha value is -4.41. The molecule has 3 N–H and O–H groups in total. The quantitative estimate of drug-likeness (QED) is 0.259. The lowest BCUT2D eigenvalue weighted by atomic mass is 10.1. The average molecular weight is 542 g/mol. The number of likely N-dealkylation sites (tertiary alicyclic amines) is 1. The first-order chi connectivity index (χ1) is 19.4. The fourth-order valence-electron chi connectivity index (χ4n) is 5.10. The molecule has 0 saturated carbocycles. The molecule has 2 aromatic carbocycles. The zero-order valence-corrected chi connectivity index (χ0v) is 23.1. The Morgan fingerprint density at radius 1 is 1.27 bits per heavy atom. The number of aromatic nitrogens is 3. The van der Waals surface area contributed by atoms with Crippen LogP contribution in [0, 0.1) is 0 Å². The number of anilines is 4. The second kappa shape index (κ2) is 11.8. The van der Waals surface area contributed by atoms with Crippen molar-refractivity contribution in [3.05, 3.63) is 67.5 Å². The number of hydrogen-bond donors (Lipinski definition) is 3. The molecule has 0 aliphatic carbocycles. The van der Waals surface area contributed by atoms with Gasteiger partial charge in [0.1, 0.15) is 5.75 Å². The van der Waals surface area contributed by atoms with Gasteiger partial charge >= 0.3 is 0 Å². The van der Waals surface area contributed by atoms with Crippen LogP contribution in [-0.4, -0.2) is 76.9 Å². The van der Waals surface area contributed by atoms with Crippen LogP contribution in [0.5, 0.6) is 5.75 Å². The predicted octanol–water partition coefficient (Wildman–Crippen LogP) is 4.01. The van der Waals surface area contributed by atoms with E-state index in [1.54, 1.807) is 13.3 Å². The number of amides is 1. The molecule has 1 aliphatic heterocycles. The number of nitrogens with zero attached hydrogens (tertiary/aromatic N) is 5. The molecule has 40 heavy (non-hydrogen) atoms. The van der Waals surface area contributed by atoms with Gasteiger partial charge in [-0.1, -0.05) is 24.8 Å². The van der Waals surface area contributed by atoms with Crippen LogP contribution < -0.4 is 20.3 Å². The van der Waals surface area contributed by atoms with Crippen molar-refractivity contribution >= 4 is 39.8 Å². The minimum atomic E-state index is -0.317. The zero-order chi connectivity index (χ0) is 28.2. The van der Waals surface area contributed by atoms with E-state index >= 15 is 0 Å². The van der Waals surface area contributed by atoms with Gasteiger partial charge in [-0.15, -0.1) is 0 Å². The van der Waals surface area contributed by atoms with Crippen LogP contribution in [0.3, 0.4) is 0 Å². The van der Waals surface area contributed by atoms with Crippen molar-refractivity contribution in [1.82, 2.24) is 19.4 Å². The fourth-order valence-corrected chi connectivity index (χ4v) is 5.10. The number of methoxy groups -OCH3 is 1. The van der Waals surface area contributed by atoms with Gasteiger partial charge in [-0.25, -0.2) is 9.97 Å². The third kappa shape index (κ3) is 5.78. The van der Waals surface area contributed by atoms with Crippen LogP contribution in [0.15, 0.2) is 67.5 Å². The number of benzene rings is 2. The third-order valence-electron chi connectivity index (χ3n) is 7.25. The molecule has 5 rings (SSSR count). The van der Waals surface area contributed by atoms with Gasteiger partial charge in [-0.3, -0.25) is 9.69 Å². The summed E-state index contributed by atoms with van der Waals surface area (Å²) in [4.78, 5) is 25.9. The number of aliphatic hydroxyl groups is 1. The summed E-state index contributed by atoms with van der Waals surface area (Å²) >= 11 is 0. The highest BCUT2D eigenvalue weighted by Gasteiger charge is 2.21. The van der Waals surface area contributed by atoms with Gasteiger partial charge in [0.15, 0.2) is 0 Å². The van der Waals surface area contributed by atoms with Gasteiger partial charge in [-0.2, -0.15) is 0 Å². The van der Waals surface area contributed by atoms with Gasteiger partial charge in [-0.05, 0) is 30.7 Å².